The number of hydrogen-bond acceptors (Lipinski definition) is 4. The van der Waals surface area contributed by atoms with Gasteiger partial charge in [-0.3, -0.25) is 9.59 Å². The number of rotatable bonds is 7. The average Bonchev–Trinajstić information content (AvgIpc) is 2.61. The van der Waals surface area contributed by atoms with Gasteiger partial charge in [-0.1, -0.05) is 44.0 Å². The van der Waals surface area contributed by atoms with Crippen LogP contribution in [0.2, 0.25) is 5.02 Å². The molecule has 1 aromatic heterocycles. The fourth-order valence-electron chi connectivity index (χ4n) is 2.38. The summed E-state index contributed by atoms with van der Waals surface area (Å²) in [4.78, 5) is 24.2. The summed E-state index contributed by atoms with van der Waals surface area (Å²) in [6, 6.07) is 9.71. The third kappa shape index (κ3) is 5.14. The van der Waals surface area contributed by atoms with E-state index in [2.05, 4.69) is 10.4 Å². The molecule has 1 amide bonds. The van der Waals surface area contributed by atoms with Crippen LogP contribution < -0.4 is 10.9 Å². The summed E-state index contributed by atoms with van der Waals surface area (Å²) < 4.78 is 1.12. The van der Waals surface area contributed by atoms with E-state index in [1.807, 2.05) is 13.8 Å². The number of aliphatic hydroxyl groups excluding tert-OH is 1. The molecule has 2 atom stereocenters. The molecule has 6 nitrogen and oxygen atoms in total. The van der Waals surface area contributed by atoms with Crippen LogP contribution in [0.3, 0.4) is 0 Å². The van der Waals surface area contributed by atoms with Gasteiger partial charge in [-0.2, -0.15) is 5.10 Å². The van der Waals surface area contributed by atoms with Crippen LogP contribution in [0.25, 0.3) is 11.3 Å². The second kappa shape index (κ2) is 8.78. The van der Waals surface area contributed by atoms with E-state index in [1.54, 1.807) is 30.3 Å². The maximum Gasteiger partial charge on any atom is 0.267 e. The smallest absolute Gasteiger partial charge is 0.267 e. The largest absolute Gasteiger partial charge is 0.394 e. The molecule has 0 spiro atoms. The Balaban J connectivity index is 2.16. The molecule has 0 radical (unpaired) electrons. The van der Waals surface area contributed by atoms with E-state index < -0.39 is 0 Å². The monoisotopic (exact) mass is 363 g/mol. The Morgan fingerprint density at radius 2 is 1.96 bits per heavy atom. The number of hydrogen-bond donors (Lipinski definition) is 2. The number of carbonyl (C=O) groups excluding carboxylic acids is 1. The molecular weight excluding hydrogens is 342 g/mol. The van der Waals surface area contributed by atoms with Crippen LogP contribution in [0.15, 0.2) is 41.2 Å². The highest BCUT2D eigenvalue weighted by molar-refractivity contribution is 6.30. The lowest BCUT2D eigenvalue weighted by atomic mass is 10.00. The van der Waals surface area contributed by atoms with Crippen LogP contribution >= 0.6 is 11.6 Å². The van der Waals surface area contributed by atoms with Crippen molar-refractivity contribution >= 4 is 17.5 Å². The number of halogens is 1. The Hall–Kier alpha value is -2.18. The van der Waals surface area contributed by atoms with Crippen LogP contribution in [0, 0.1) is 5.92 Å². The molecule has 0 unspecified atom stereocenters. The lowest BCUT2D eigenvalue weighted by Crippen LogP contribution is -2.44. The molecule has 7 heteroatoms. The van der Waals surface area contributed by atoms with Crippen LogP contribution in [0.1, 0.15) is 20.3 Å². The highest BCUT2D eigenvalue weighted by Gasteiger charge is 2.18. The molecule has 0 saturated carbocycles. The Kier molecular flexibility index (Phi) is 6.73. The van der Waals surface area contributed by atoms with E-state index in [0.29, 0.717) is 10.7 Å². The van der Waals surface area contributed by atoms with Gasteiger partial charge < -0.3 is 10.4 Å². The lowest BCUT2D eigenvalue weighted by Gasteiger charge is -2.22. The van der Waals surface area contributed by atoms with E-state index in [-0.39, 0.29) is 36.6 Å². The minimum Gasteiger partial charge on any atom is -0.394 e. The van der Waals surface area contributed by atoms with Gasteiger partial charge >= 0.3 is 0 Å². The van der Waals surface area contributed by atoms with Gasteiger partial charge in [0.05, 0.1) is 18.3 Å². The van der Waals surface area contributed by atoms with Gasteiger partial charge in [-0.05, 0) is 24.1 Å². The van der Waals surface area contributed by atoms with Crippen molar-refractivity contribution in [1.82, 2.24) is 15.1 Å². The predicted molar refractivity (Wildman–Crippen MR) is 97.4 cm³/mol. The zero-order valence-electron chi connectivity index (χ0n) is 14.3. The van der Waals surface area contributed by atoms with E-state index in [9.17, 15) is 14.7 Å². The van der Waals surface area contributed by atoms with E-state index in [0.717, 1.165) is 16.7 Å². The topological polar surface area (TPSA) is 84.2 Å². The van der Waals surface area contributed by atoms with Gasteiger partial charge in [0.15, 0.2) is 0 Å². The first-order valence-corrected chi connectivity index (χ1v) is 8.56. The summed E-state index contributed by atoms with van der Waals surface area (Å²) >= 11 is 5.88. The van der Waals surface area contributed by atoms with E-state index in [1.165, 1.54) is 6.07 Å². The van der Waals surface area contributed by atoms with Crippen LogP contribution in [0.5, 0.6) is 0 Å². The van der Waals surface area contributed by atoms with Gasteiger partial charge in [-0.25, -0.2) is 4.68 Å². The molecule has 0 bridgehead atoms. The molecule has 2 aromatic rings. The minimum absolute atomic E-state index is 0.138. The zero-order chi connectivity index (χ0) is 18.4. The van der Waals surface area contributed by atoms with Crippen molar-refractivity contribution in [1.29, 1.82) is 0 Å². The van der Waals surface area contributed by atoms with Crippen LogP contribution in [-0.4, -0.2) is 33.4 Å². The maximum absolute atomic E-state index is 12.2. The molecular formula is C18H22ClN3O3. The molecule has 0 aliphatic carbocycles. The summed E-state index contributed by atoms with van der Waals surface area (Å²) in [5, 5.41) is 17.0. The SMILES string of the molecule is CC[C@@H](C)[C@@H](CO)NC(=O)Cn1nc(-c2ccc(Cl)cc2)ccc1=O. The van der Waals surface area contributed by atoms with Gasteiger partial charge in [0.1, 0.15) is 6.54 Å². The first kappa shape index (κ1) is 19.1. The first-order chi connectivity index (χ1) is 11.9. The summed E-state index contributed by atoms with van der Waals surface area (Å²) in [7, 11) is 0. The van der Waals surface area contributed by atoms with E-state index >= 15 is 0 Å². The Labute approximate surface area is 151 Å². The van der Waals surface area contributed by atoms with Crippen molar-refractivity contribution in [3.8, 4) is 11.3 Å². The third-order valence-electron chi connectivity index (χ3n) is 4.17. The number of nitrogens with one attached hydrogen (secondary N) is 1. The molecule has 134 valence electrons. The summed E-state index contributed by atoms with van der Waals surface area (Å²) in [6.45, 7) is 3.59. The van der Waals surface area contributed by atoms with Crippen molar-refractivity contribution in [2.24, 2.45) is 5.92 Å². The zero-order valence-corrected chi connectivity index (χ0v) is 15.0. The van der Waals surface area contributed by atoms with E-state index in [4.69, 9.17) is 11.6 Å². The predicted octanol–water partition coefficient (Wildman–Crippen LogP) is 2.09. The number of aliphatic hydroxyl groups is 1. The van der Waals surface area contributed by atoms with Crippen molar-refractivity contribution in [2.45, 2.75) is 32.9 Å². The number of aromatic nitrogens is 2. The average molecular weight is 364 g/mol. The lowest BCUT2D eigenvalue weighted by molar-refractivity contribution is -0.123. The molecule has 2 N–H and O–H groups in total. The van der Waals surface area contributed by atoms with Gasteiger partial charge in [0.25, 0.3) is 5.56 Å². The molecule has 0 saturated heterocycles. The van der Waals surface area contributed by atoms with Crippen LogP contribution in [0.4, 0.5) is 0 Å². The number of nitrogens with zero attached hydrogens (tertiary/aromatic N) is 2. The fourth-order valence-corrected chi connectivity index (χ4v) is 2.50. The quantitative estimate of drug-likeness (QED) is 0.788. The molecule has 25 heavy (non-hydrogen) atoms. The molecule has 1 heterocycles. The van der Waals surface area contributed by atoms with Crippen molar-refractivity contribution in [3.63, 3.8) is 0 Å². The summed E-state index contributed by atoms with van der Waals surface area (Å²) in [5.41, 5.74) is 1.01. The van der Waals surface area contributed by atoms with Crippen molar-refractivity contribution in [3.05, 3.63) is 51.8 Å². The number of benzene rings is 1. The second-order valence-corrected chi connectivity index (χ2v) is 6.40. The Bertz CT molecular complexity index is 774. The highest BCUT2D eigenvalue weighted by Crippen LogP contribution is 2.18. The highest BCUT2D eigenvalue weighted by atomic mass is 35.5. The molecule has 0 fully saturated rings. The third-order valence-corrected chi connectivity index (χ3v) is 4.43. The normalized spacial score (nSPS) is 13.3. The van der Waals surface area contributed by atoms with Crippen LogP contribution in [-0.2, 0) is 11.3 Å². The first-order valence-electron chi connectivity index (χ1n) is 8.19. The van der Waals surface area contributed by atoms with Gasteiger partial charge in [0, 0.05) is 16.7 Å². The second-order valence-electron chi connectivity index (χ2n) is 5.96. The van der Waals surface area contributed by atoms with Gasteiger partial charge in [0.2, 0.25) is 5.91 Å². The van der Waals surface area contributed by atoms with Crippen molar-refractivity contribution < 1.29 is 9.90 Å². The van der Waals surface area contributed by atoms with Crippen molar-refractivity contribution in [2.75, 3.05) is 6.61 Å². The Morgan fingerprint density at radius 3 is 2.56 bits per heavy atom. The maximum atomic E-state index is 12.2. The minimum atomic E-state index is -0.364. The standard InChI is InChI=1S/C18H22ClN3O3/c1-3-12(2)16(11-23)20-17(24)10-22-18(25)9-8-15(21-22)13-4-6-14(19)7-5-13/h4-9,12,16,23H,3,10-11H2,1-2H3,(H,20,24)/t12-,16-/m1/s1. The summed E-state index contributed by atoms with van der Waals surface area (Å²) in [5.74, 6) is -0.221. The fraction of sp³-hybridized carbons (Fsp3) is 0.389. The Morgan fingerprint density at radius 1 is 1.28 bits per heavy atom. The molecule has 0 aliphatic rings. The molecule has 0 aliphatic heterocycles. The van der Waals surface area contributed by atoms with Gasteiger partial charge in [-0.15, -0.1) is 0 Å². The number of carbonyl (C=O) groups is 1. The summed E-state index contributed by atoms with van der Waals surface area (Å²) in [6.07, 6.45) is 0.829. The molecule has 2 rings (SSSR count). The number of amides is 1. The molecule has 1 aromatic carbocycles.